The Kier molecular flexibility index (Phi) is 6.68. The van der Waals surface area contributed by atoms with E-state index in [0.29, 0.717) is 28.6 Å². The van der Waals surface area contributed by atoms with Crippen LogP contribution in [0.4, 0.5) is 19.0 Å². The highest BCUT2D eigenvalue weighted by atomic mass is 32.2. The van der Waals surface area contributed by atoms with Gasteiger partial charge in [-0.3, -0.25) is 9.19 Å². The fourth-order valence-corrected chi connectivity index (χ4v) is 5.13. The number of aromatic nitrogens is 2. The van der Waals surface area contributed by atoms with Crippen LogP contribution in [0.3, 0.4) is 0 Å². The van der Waals surface area contributed by atoms with Crippen LogP contribution in [0.1, 0.15) is 37.6 Å². The standard InChI is InChI=1S/C20H22F3N3OS2/c1-4-26-18(17-16(29(27)5-2)7-6-10-24-17)13(3)8-9-14-11-15(12-25-19(14)26)28-20(21,22)23/h4,6-7,10-13,18H,1,5,8-9H2,2-3H3/t13?,18?,29-/m0/s1. The number of nitrogens with zero attached hydrogens (tertiary/aromatic N) is 3. The number of halogens is 3. The Balaban J connectivity index is 2.08. The second-order valence-corrected chi connectivity index (χ2v) is 9.62. The molecule has 2 aromatic rings. The van der Waals surface area contributed by atoms with E-state index in [1.807, 2.05) is 17.9 Å². The molecule has 2 aromatic heterocycles. The third kappa shape index (κ3) is 4.83. The molecular formula is C20H22F3N3OS2. The lowest BCUT2D eigenvalue weighted by molar-refractivity contribution is -0.0328. The van der Waals surface area contributed by atoms with Gasteiger partial charge in [0, 0.05) is 23.0 Å². The average molecular weight is 442 g/mol. The van der Waals surface area contributed by atoms with Gasteiger partial charge in [-0.15, -0.1) is 0 Å². The molecule has 2 unspecified atom stereocenters. The molecule has 4 nitrogen and oxygen atoms in total. The van der Waals surface area contributed by atoms with Crippen LogP contribution in [0, 0.1) is 5.92 Å². The number of pyridine rings is 2. The van der Waals surface area contributed by atoms with Gasteiger partial charge in [0.1, 0.15) is 5.82 Å². The molecule has 0 N–H and O–H groups in total. The number of hydrogen-bond acceptors (Lipinski definition) is 5. The Morgan fingerprint density at radius 1 is 1.41 bits per heavy atom. The van der Waals surface area contributed by atoms with Crippen LogP contribution in [0.5, 0.6) is 0 Å². The molecular weight excluding hydrogens is 419 g/mol. The van der Waals surface area contributed by atoms with Gasteiger partial charge in [-0.05, 0) is 60.5 Å². The van der Waals surface area contributed by atoms with Gasteiger partial charge >= 0.3 is 5.51 Å². The molecule has 3 rings (SSSR count). The van der Waals surface area contributed by atoms with Crippen LogP contribution in [0.15, 0.2) is 53.2 Å². The quantitative estimate of drug-likeness (QED) is 0.574. The maximum Gasteiger partial charge on any atom is 0.446 e. The van der Waals surface area contributed by atoms with Crippen molar-refractivity contribution in [3.05, 3.63) is 54.6 Å². The van der Waals surface area contributed by atoms with E-state index in [1.54, 1.807) is 24.5 Å². The molecule has 9 heteroatoms. The van der Waals surface area contributed by atoms with Crippen LogP contribution in [0.2, 0.25) is 0 Å². The molecule has 29 heavy (non-hydrogen) atoms. The zero-order valence-corrected chi connectivity index (χ0v) is 17.8. The number of alkyl halides is 3. The van der Waals surface area contributed by atoms with Gasteiger partial charge in [0.25, 0.3) is 0 Å². The van der Waals surface area contributed by atoms with Crippen molar-refractivity contribution in [2.24, 2.45) is 5.92 Å². The van der Waals surface area contributed by atoms with Crippen LogP contribution in [-0.4, -0.2) is 25.4 Å². The van der Waals surface area contributed by atoms with Crippen molar-refractivity contribution in [1.82, 2.24) is 9.97 Å². The lowest BCUT2D eigenvalue weighted by Crippen LogP contribution is -2.30. The molecule has 0 radical (unpaired) electrons. The molecule has 0 bridgehead atoms. The maximum atomic E-state index is 12.8. The van der Waals surface area contributed by atoms with Gasteiger partial charge in [-0.1, -0.05) is 20.4 Å². The summed E-state index contributed by atoms with van der Waals surface area (Å²) in [6.45, 7) is 7.82. The number of anilines is 1. The van der Waals surface area contributed by atoms with Crippen LogP contribution < -0.4 is 4.90 Å². The summed E-state index contributed by atoms with van der Waals surface area (Å²) in [5, 5.41) is 0. The summed E-state index contributed by atoms with van der Waals surface area (Å²) < 4.78 is 50.9. The zero-order valence-electron chi connectivity index (χ0n) is 16.1. The smallest absolute Gasteiger partial charge is 0.324 e. The number of rotatable bonds is 5. The van der Waals surface area contributed by atoms with E-state index in [-0.39, 0.29) is 28.6 Å². The topological polar surface area (TPSA) is 46.1 Å². The Labute approximate surface area is 175 Å². The first-order chi connectivity index (χ1) is 13.7. The van der Waals surface area contributed by atoms with E-state index < -0.39 is 16.3 Å². The van der Waals surface area contributed by atoms with Crippen LogP contribution in [-0.2, 0) is 17.2 Å². The summed E-state index contributed by atoms with van der Waals surface area (Å²) in [7, 11) is -1.19. The number of aryl methyl sites for hydroxylation is 1. The third-order valence-corrected chi connectivity index (χ3v) is 6.94. The minimum atomic E-state index is -4.36. The highest BCUT2D eigenvalue weighted by molar-refractivity contribution is 8.00. The summed E-state index contributed by atoms with van der Waals surface area (Å²) in [5.74, 6) is 1.14. The molecule has 3 heterocycles. The Morgan fingerprint density at radius 3 is 2.83 bits per heavy atom. The first kappa shape index (κ1) is 21.8. The SMILES string of the molecule is C=CN1c2ncc(SC(F)(F)F)cc2CCC(C)C1c1ncccc1[S@@](=O)CC. The second-order valence-electron chi connectivity index (χ2n) is 6.77. The molecule has 1 aliphatic heterocycles. The van der Waals surface area contributed by atoms with Gasteiger partial charge in [0.05, 0.1) is 27.4 Å². The lowest BCUT2D eigenvalue weighted by Gasteiger charge is -2.33. The molecule has 0 aliphatic carbocycles. The van der Waals surface area contributed by atoms with Crippen molar-refractivity contribution in [1.29, 1.82) is 0 Å². The third-order valence-electron chi connectivity index (χ3n) is 4.89. The fourth-order valence-electron chi connectivity index (χ4n) is 3.61. The summed E-state index contributed by atoms with van der Waals surface area (Å²) in [5.41, 5.74) is -2.92. The van der Waals surface area contributed by atoms with Crippen molar-refractivity contribution in [2.75, 3.05) is 10.7 Å². The molecule has 0 fully saturated rings. The molecule has 0 saturated heterocycles. The van der Waals surface area contributed by atoms with Crippen LogP contribution in [0.25, 0.3) is 0 Å². The van der Waals surface area contributed by atoms with Gasteiger partial charge in [-0.2, -0.15) is 13.2 Å². The predicted octanol–water partition coefficient (Wildman–Crippen LogP) is 5.49. The normalized spacial score (nSPS) is 20.7. The van der Waals surface area contributed by atoms with Crippen molar-refractivity contribution in [3.63, 3.8) is 0 Å². The number of thioether (sulfide) groups is 1. The number of hydrogen-bond donors (Lipinski definition) is 0. The monoisotopic (exact) mass is 441 g/mol. The largest absolute Gasteiger partial charge is 0.446 e. The lowest BCUT2D eigenvalue weighted by atomic mass is 9.93. The van der Waals surface area contributed by atoms with Gasteiger partial charge in [0.15, 0.2) is 0 Å². The van der Waals surface area contributed by atoms with Crippen molar-refractivity contribution < 1.29 is 17.4 Å². The maximum absolute atomic E-state index is 12.8. The van der Waals surface area contributed by atoms with E-state index >= 15 is 0 Å². The number of fused-ring (bicyclic) bond motifs is 1. The first-order valence-corrected chi connectivity index (χ1v) is 11.4. The Bertz CT molecular complexity index is 920. The van der Waals surface area contributed by atoms with E-state index in [0.717, 1.165) is 12.0 Å². The highest BCUT2D eigenvalue weighted by Gasteiger charge is 2.35. The van der Waals surface area contributed by atoms with E-state index in [1.165, 1.54) is 6.20 Å². The van der Waals surface area contributed by atoms with Crippen molar-refractivity contribution in [2.45, 2.75) is 48.0 Å². The van der Waals surface area contributed by atoms with E-state index in [2.05, 4.69) is 23.5 Å². The zero-order chi connectivity index (χ0) is 21.2. The molecule has 0 spiro atoms. The van der Waals surface area contributed by atoms with Crippen molar-refractivity contribution >= 4 is 28.4 Å². The Morgan fingerprint density at radius 2 is 2.17 bits per heavy atom. The molecule has 1 aliphatic rings. The summed E-state index contributed by atoms with van der Waals surface area (Å²) in [6, 6.07) is 4.88. The summed E-state index contributed by atoms with van der Waals surface area (Å²) in [4.78, 5) is 11.5. The minimum Gasteiger partial charge on any atom is -0.324 e. The van der Waals surface area contributed by atoms with Crippen LogP contribution >= 0.6 is 11.8 Å². The summed E-state index contributed by atoms with van der Waals surface area (Å²) in [6.07, 6.45) is 5.86. The van der Waals surface area contributed by atoms with Gasteiger partial charge < -0.3 is 4.90 Å². The van der Waals surface area contributed by atoms with E-state index in [9.17, 15) is 17.4 Å². The van der Waals surface area contributed by atoms with E-state index in [4.69, 9.17) is 0 Å². The molecule has 3 atom stereocenters. The molecule has 0 saturated carbocycles. The summed E-state index contributed by atoms with van der Waals surface area (Å²) >= 11 is -0.163. The molecule has 156 valence electrons. The van der Waals surface area contributed by atoms with Gasteiger partial charge in [-0.25, -0.2) is 4.98 Å². The first-order valence-electron chi connectivity index (χ1n) is 9.24. The molecule has 0 amide bonds. The minimum absolute atomic E-state index is 0.0666. The Hall–Kier alpha value is -1.87. The molecule has 0 aromatic carbocycles. The van der Waals surface area contributed by atoms with Crippen molar-refractivity contribution in [3.8, 4) is 0 Å². The highest BCUT2D eigenvalue weighted by Crippen LogP contribution is 2.43. The average Bonchev–Trinajstić information content (AvgIpc) is 2.82. The fraction of sp³-hybridized carbons (Fsp3) is 0.400. The van der Waals surface area contributed by atoms with Gasteiger partial charge in [0.2, 0.25) is 0 Å². The second kappa shape index (κ2) is 8.87. The predicted molar refractivity (Wildman–Crippen MR) is 110 cm³/mol.